The number of ether oxygens (including phenoxy) is 1. The summed E-state index contributed by atoms with van der Waals surface area (Å²) in [6.07, 6.45) is 4.43. The van der Waals surface area contributed by atoms with Crippen LogP contribution in [0, 0.1) is 26.7 Å². The fraction of sp³-hybridized carbons (Fsp3) is 0.545. The number of nitrogens with zero attached hydrogens (tertiary/aromatic N) is 5. The third-order valence-electron chi connectivity index (χ3n) is 8.47. The second-order valence-electron chi connectivity index (χ2n) is 12.2. The molecule has 8 nitrogen and oxygen atoms in total. The first-order valence-electron chi connectivity index (χ1n) is 15.4. The van der Waals surface area contributed by atoms with Gasteiger partial charge < -0.3 is 14.5 Å². The van der Waals surface area contributed by atoms with Gasteiger partial charge in [0.1, 0.15) is 12.4 Å². The smallest absolute Gasteiger partial charge is 0.416 e. The summed E-state index contributed by atoms with van der Waals surface area (Å²) in [5, 5.41) is 0. The van der Waals surface area contributed by atoms with Crippen LogP contribution in [0.5, 0.6) is 5.75 Å². The Balaban J connectivity index is 1.74. The molecule has 2 aromatic heterocycles. The number of halogens is 3. The van der Waals surface area contributed by atoms with E-state index in [2.05, 4.69) is 27.9 Å². The number of sulfone groups is 1. The molecular weight excluding hydrogens is 603 g/mol. The van der Waals surface area contributed by atoms with Crippen molar-refractivity contribution in [3.63, 3.8) is 0 Å². The van der Waals surface area contributed by atoms with Crippen molar-refractivity contribution in [3.05, 3.63) is 70.2 Å². The summed E-state index contributed by atoms with van der Waals surface area (Å²) in [5.74, 6) is 1.92. The maximum absolute atomic E-state index is 13.8. The molecule has 0 amide bonds. The number of hydrogen-bond donors (Lipinski definition) is 0. The maximum Gasteiger partial charge on any atom is 0.416 e. The van der Waals surface area contributed by atoms with E-state index in [0.29, 0.717) is 35.3 Å². The van der Waals surface area contributed by atoms with E-state index in [1.807, 2.05) is 25.7 Å². The summed E-state index contributed by atoms with van der Waals surface area (Å²) in [7, 11) is -3.20. The van der Waals surface area contributed by atoms with Crippen molar-refractivity contribution in [2.24, 2.45) is 5.92 Å². The van der Waals surface area contributed by atoms with Crippen molar-refractivity contribution in [2.75, 3.05) is 41.5 Å². The van der Waals surface area contributed by atoms with Gasteiger partial charge >= 0.3 is 6.18 Å². The number of rotatable bonds is 13. The molecule has 45 heavy (non-hydrogen) atoms. The van der Waals surface area contributed by atoms with Crippen molar-refractivity contribution < 1.29 is 26.3 Å². The second-order valence-corrected chi connectivity index (χ2v) is 14.5. The molecule has 2 heterocycles. The number of anilines is 2. The minimum Gasteiger partial charge on any atom is -0.489 e. The molecule has 1 saturated carbocycles. The Morgan fingerprint density at radius 2 is 1.71 bits per heavy atom. The second kappa shape index (κ2) is 14.3. The van der Waals surface area contributed by atoms with E-state index in [1.165, 1.54) is 44.1 Å². The average molecular weight is 648 g/mol. The van der Waals surface area contributed by atoms with E-state index in [9.17, 15) is 21.6 Å². The highest BCUT2D eigenvalue weighted by Gasteiger charge is 2.32. The standard InChI is InChI=1S/C33H44F3N5O3S/c1-7-40(20-26-10-8-9-11-26)31-28(16-23(3)24(4)39-31)21-41(25(5)27-14-22(2)15-29(17-27)33(34,35)36)32-37-18-30(19-38-32)44-12-13-45(6,42)43/h14-19,25-26H,7-13,20-21H2,1-6H3. The number of aromatic nitrogens is 3. The molecule has 1 aliphatic rings. The Bertz CT molecular complexity index is 1560. The van der Waals surface area contributed by atoms with Gasteiger partial charge in [-0.25, -0.2) is 23.4 Å². The quantitative estimate of drug-likeness (QED) is 0.196. The lowest BCUT2D eigenvalue weighted by atomic mass is 9.99. The molecule has 0 radical (unpaired) electrons. The number of hydrogen-bond acceptors (Lipinski definition) is 8. The maximum atomic E-state index is 13.8. The third-order valence-corrected chi connectivity index (χ3v) is 9.38. The first kappa shape index (κ1) is 34.5. The van der Waals surface area contributed by atoms with Crippen LogP contribution in [0.3, 0.4) is 0 Å². The zero-order valence-corrected chi connectivity index (χ0v) is 27.8. The van der Waals surface area contributed by atoms with Crippen molar-refractivity contribution in [3.8, 4) is 5.75 Å². The van der Waals surface area contributed by atoms with E-state index in [0.717, 1.165) is 48.1 Å². The fourth-order valence-electron chi connectivity index (χ4n) is 5.81. The Morgan fingerprint density at radius 1 is 1.04 bits per heavy atom. The molecule has 12 heteroatoms. The van der Waals surface area contributed by atoms with Gasteiger partial charge in [0, 0.05) is 30.6 Å². The molecule has 0 N–H and O–H groups in total. The molecule has 4 rings (SSSR count). The predicted molar refractivity (Wildman–Crippen MR) is 172 cm³/mol. The molecule has 1 aliphatic carbocycles. The zero-order valence-electron chi connectivity index (χ0n) is 27.0. The minimum absolute atomic E-state index is 0.0450. The molecule has 246 valence electrons. The first-order chi connectivity index (χ1) is 21.1. The SMILES string of the molecule is CCN(CC1CCCC1)c1nc(C)c(C)cc1CN(c1ncc(OCCS(C)(=O)=O)cn1)C(C)c1cc(C)cc(C(F)(F)F)c1. The predicted octanol–water partition coefficient (Wildman–Crippen LogP) is 7.02. The van der Waals surface area contributed by atoms with Crippen LogP contribution < -0.4 is 14.5 Å². The van der Waals surface area contributed by atoms with Gasteiger partial charge in [-0.1, -0.05) is 24.5 Å². The highest BCUT2D eigenvalue weighted by molar-refractivity contribution is 7.90. The summed E-state index contributed by atoms with van der Waals surface area (Å²) >= 11 is 0. The summed E-state index contributed by atoms with van der Waals surface area (Å²) < 4.78 is 70.0. The average Bonchev–Trinajstić information content (AvgIpc) is 3.48. The molecule has 3 aromatic rings. The van der Waals surface area contributed by atoms with Crippen LogP contribution in [0.2, 0.25) is 0 Å². The van der Waals surface area contributed by atoms with Crippen molar-refractivity contribution in [1.82, 2.24) is 15.0 Å². The highest BCUT2D eigenvalue weighted by Crippen LogP contribution is 2.36. The molecule has 1 unspecified atom stereocenters. The van der Waals surface area contributed by atoms with E-state index in [1.54, 1.807) is 13.0 Å². The number of alkyl halides is 3. The van der Waals surface area contributed by atoms with Crippen LogP contribution in [0.4, 0.5) is 24.9 Å². The van der Waals surface area contributed by atoms with Crippen molar-refractivity contribution >= 4 is 21.6 Å². The van der Waals surface area contributed by atoms with Crippen LogP contribution in [-0.4, -0.2) is 55.1 Å². The lowest BCUT2D eigenvalue weighted by Gasteiger charge is -2.33. The van der Waals surface area contributed by atoms with Crippen molar-refractivity contribution in [2.45, 2.75) is 79.1 Å². The molecule has 1 atom stereocenters. The van der Waals surface area contributed by atoms with Crippen LogP contribution in [0.25, 0.3) is 0 Å². The van der Waals surface area contributed by atoms with Crippen LogP contribution in [0.1, 0.15) is 79.1 Å². The Hall–Kier alpha value is -3.41. The zero-order chi connectivity index (χ0) is 32.9. The van der Waals surface area contributed by atoms with Crippen molar-refractivity contribution in [1.29, 1.82) is 0 Å². The van der Waals surface area contributed by atoms with Gasteiger partial charge in [-0.2, -0.15) is 13.2 Å². The monoisotopic (exact) mass is 647 g/mol. The van der Waals surface area contributed by atoms with Gasteiger partial charge in [0.2, 0.25) is 5.95 Å². The Labute approximate surface area is 265 Å². The lowest BCUT2D eigenvalue weighted by molar-refractivity contribution is -0.137. The van der Waals surface area contributed by atoms with Gasteiger partial charge in [0.15, 0.2) is 15.6 Å². The molecule has 0 spiro atoms. The molecule has 0 aliphatic heterocycles. The molecule has 1 aromatic carbocycles. The van der Waals surface area contributed by atoms with E-state index in [-0.39, 0.29) is 12.4 Å². The summed E-state index contributed by atoms with van der Waals surface area (Å²) in [6.45, 7) is 11.5. The van der Waals surface area contributed by atoms with Gasteiger partial charge in [0.25, 0.3) is 0 Å². The highest BCUT2D eigenvalue weighted by atomic mass is 32.2. The van der Waals surface area contributed by atoms with E-state index in [4.69, 9.17) is 9.72 Å². The summed E-state index contributed by atoms with van der Waals surface area (Å²) in [4.78, 5) is 18.3. The van der Waals surface area contributed by atoms with Gasteiger partial charge in [-0.05, 0) is 82.7 Å². The van der Waals surface area contributed by atoms with Crippen LogP contribution in [0.15, 0.2) is 36.7 Å². The Kier molecular flexibility index (Phi) is 11.0. The van der Waals surface area contributed by atoms with Gasteiger partial charge in [0.05, 0.1) is 36.3 Å². The molecule has 0 bridgehead atoms. The van der Waals surface area contributed by atoms with E-state index >= 15 is 0 Å². The lowest BCUT2D eigenvalue weighted by Crippen LogP contribution is -2.33. The largest absolute Gasteiger partial charge is 0.489 e. The third kappa shape index (κ3) is 9.31. The van der Waals surface area contributed by atoms with E-state index < -0.39 is 27.6 Å². The molecular formula is C33H44F3N5O3S. The van der Waals surface area contributed by atoms with Gasteiger partial charge in [-0.15, -0.1) is 0 Å². The van der Waals surface area contributed by atoms with Crippen LogP contribution in [-0.2, 0) is 22.6 Å². The van der Waals surface area contributed by atoms with Gasteiger partial charge in [-0.3, -0.25) is 0 Å². The fourth-order valence-corrected chi connectivity index (χ4v) is 6.20. The summed E-state index contributed by atoms with van der Waals surface area (Å²) in [6, 6.07) is 5.66. The van der Waals surface area contributed by atoms with Crippen LogP contribution >= 0.6 is 0 Å². The Morgan fingerprint density at radius 3 is 2.31 bits per heavy atom. The normalized spacial score (nSPS) is 14.9. The number of pyridine rings is 1. The first-order valence-corrected chi connectivity index (χ1v) is 17.5. The molecule has 1 fully saturated rings. The summed E-state index contributed by atoms with van der Waals surface area (Å²) in [5.41, 5.74) is 3.16. The number of benzene rings is 1. The molecule has 0 saturated heterocycles. The topological polar surface area (TPSA) is 88.5 Å². The minimum atomic E-state index is -4.49. The number of aryl methyl sites for hydroxylation is 3.